The topological polar surface area (TPSA) is 78.9 Å². The summed E-state index contributed by atoms with van der Waals surface area (Å²) in [5, 5.41) is 0. The molecule has 312 valence electrons. The first-order valence-corrected chi connectivity index (χ1v) is 22.6. The number of allylic oxidation sites excluding steroid dienone is 8. The average Bonchev–Trinajstić information content (AvgIpc) is 3.17. The predicted molar refractivity (Wildman–Crippen MR) is 229 cm³/mol. The minimum absolute atomic E-state index is 0.0866. The van der Waals surface area contributed by atoms with E-state index in [2.05, 4.69) is 69.4 Å². The van der Waals surface area contributed by atoms with Gasteiger partial charge in [-0.15, -0.1) is 0 Å². The fraction of sp³-hybridized carbons (Fsp3) is 0.771. The molecule has 1 unspecified atom stereocenters. The van der Waals surface area contributed by atoms with Gasteiger partial charge in [0, 0.05) is 19.3 Å². The Labute approximate surface area is 333 Å². The highest BCUT2D eigenvalue weighted by Gasteiger charge is 2.19. The molecule has 6 heteroatoms. The minimum atomic E-state index is -0.786. The van der Waals surface area contributed by atoms with Gasteiger partial charge in [0.15, 0.2) is 6.10 Å². The summed E-state index contributed by atoms with van der Waals surface area (Å²) in [6.07, 6.45) is 49.5. The van der Waals surface area contributed by atoms with Crippen molar-refractivity contribution in [3.8, 4) is 0 Å². The van der Waals surface area contributed by atoms with Crippen LogP contribution in [0.3, 0.4) is 0 Å². The SMILES string of the molecule is CC/C=C\C/C=C\C/C=C\CCCCCC(=O)OC(COC(=O)CCCCCCC/C=C\CCCCCCC)COC(=O)CCCCCCCCCCC. The van der Waals surface area contributed by atoms with E-state index in [4.69, 9.17) is 14.2 Å². The van der Waals surface area contributed by atoms with Crippen molar-refractivity contribution in [1.82, 2.24) is 0 Å². The highest BCUT2D eigenvalue weighted by atomic mass is 16.6. The van der Waals surface area contributed by atoms with Crippen molar-refractivity contribution in [2.45, 2.75) is 226 Å². The normalized spacial score (nSPS) is 12.4. The molecule has 0 amide bonds. The van der Waals surface area contributed by atoms with Gasteiger partial charge in [0.25, 0.3) is 0 Å². The van der Waals surface area contributed by atoms with Crippen molar-refractivity contribution in [2.24, 2.45) is 0 Å². The first-order valence-electron chi connectivity index (χ1n) is 22.6. The number of carbonyl (C=O) groups excluding carboxylic acids is 3. The van der Waals surface area contributed by atoms with Crippen molar-refractivity contribution in [1.29, 1.82) is 0 Å². The van der Waals surface area contributed by atoms with Crippen LogP contribution in [0.15, 0.2) is 48.6 Å². The Hall–Kier alpha value is -2.63. The van der Waals surface area contributed by atoms with E-state index in [9.17, 15) is 14.4 Å². The number of hydrogen-bond donors (Lipinski definition) is 0. The summed E-state index contributed by atoms with van der Waals surface area (Å²) in [6.45, 7) is 6.45. The molecular formula is C48H84O6. The predicted octanol–water partition coefficient (Wildman–Crippen LogP) is 14.4. The van der Waals surface area contributed by atoms with Gasteiger partial charge in [-0.2, -0.15) is 0 Å². The third-order valence-corrected chi connectivity index (χ3v) is 9.57. The van der Waals surface area contributed by atoms with Crippen LogP contribution < -0.4 is 0 Å². The van der Waals surface area contributed by atoms with Crippen LogP contribution in [0.4, 0.5) is 0 Å². The van der Waals surface area contributed by atoms with Gasteiger partial charge in [0.05, 0.1) is 0 Å². The zero-order valence-electron chi connectivity index (χ0n) is 35.5. The molecule has 0 bridgehead atoms. The molecule has 54 heavy (non-hydrogen) atoms. The number of rotatable bonds is 40. The van der Waals surface area contributed by atoms with Crippen molar-refractivity contribution in [2.75, 3.05) is 13.2 Å². The Morgan fingerprint density at radius 3 is 1.17 bits per heavy atom. The molecular weight excluding hydrogens is 673 g/mol. The van der Waals surface area contributed by atoms with E-state index < -0.39 is 6.10 Å². The largest absolute Gasteiger partial charge is 0.462 e. The first kappa shape index (κ1) is 51.4. The summed E-state index contributed by atoms with van der Waals surface area (Å²) in [5.41, 5.74) is 0. The summed E-state index contributed by atoms with van der Waals surface area (Å²) in [7, 11) is 0. The monoisotopic (exact) mass is 757 g/mol. The number of hydrogen-bond acceptors (Lipinski definition) is 6. The van der Waals surface area contributed by atoms with Crippen molar-refractivity contribution < 1.29 is 28.6 Å². The molecule has 0 rings (SSSR count). The van der Waals surface area contributed by atoms with Gasteiger partial charge in [0.1, 0.15) is 13.2 Å². The molecule has 0 aromatic heterocycles. The Kier molecular flexibility index (Phi) is 41.0. The average molecular weight is 757 g/mol. The molecule has 6 nitrogen and oxygen atoms in total. The second-order valence-electron chi connectivity index (χ2n) is 14.9. The molecule has 0 aliphatic rings. The van der Waals surface area contributed by atoms with Gasteiger partial charge < -0.3 is 14.2 Å². The quantitative estimate of drug-likeness (QED) is 0.0268. The molecule has 0 saturated carbocycles. The smallest absolute Gasteiger partial charge is 0.306 e. The molecule has 0 N–H and O–H groups in total. The van der Waals surface area contributed by atoms with Crippen molar-refractivity contribution >= 4 is 17.9 Å². The zero-order valence-corrected chi connectivity index (χ0v) is 35.5. The summed E-state index contributed by atoms with van der Waals surface area (Å²) in [4.78, 5) is 37.7. The molecule has 0 radical (unpaired) electrons. The first-order chi connectivity index (χ1) is 26.5. The molecule has 0 spiro atoms. The maximum absolute atomic E-state index is 12.7. The van der Waals surface area contributed by atoms with E-state index in [1.54, 1.807) is 0 Å². The van der Waals surface area contributed by atoms with E-state index in [1.807, 2.05) is 0 Å². The van der Waals surface area contributed by atoms with Crippen LogP contribution >= 0.6 is 0 Å². The standard InChI is InChI=1S/C48H84O6/c1-4-7-10-13-16-19-21-23-25-26-29-32-35-38-41-47(50)53-44-45(43-52-46(49)40-37-34-31-28-18-15-12-9-6-3)54-48(51)42-39-36-33-30-27-24-22-20-17-14-11-8-5-2/h8,11,17,20-21,23-24,27,45H,4-7,9-10,12-16,18-19,22,25-26,28-44H2,1-3H3/b11-8-,20-17-,23-21-,27-24-. The van der Waals surface area contributed by atoms with E-state index in [-0.39, 0.29) is 31.1 Å². The third kappa shape index (κ3) is 40.6. The van der Waals surface area contributed by atoms with Crippen LogP contribution in [0.2, 0.25) is 0 Å². The Morgan fingerprint density at radius 1 is 0.389 bits per heavy atom. The lowest BCUT2D eigenvalue weighted by Crippen LogP contribution is -2.30. The van der Waals surface area contributed by atoms with Gasteiger partial charge in [-0.05, 0) is 77.0 Å². The Bertz CT molecular complexity index is 964. The number of esters is 3. The summed E-state index contributed by atoms with van der Waals surface area (Å²) in [6, 6.07) is 0. The van der Waals surface area contributed by atoms with Crippen LogP contribution in [0.25, 0.3) is 0 Å². The van der Waals surface area contributed by atoms with Gasteiger partial charge in [0.2, 0.25) is 0 Å². The Morgan fingerprint density at radius 2 is 0.722 bits per heavy atom. The highest BCUT2D eigenvalue weighted by Crippen LogP contribution is 2.13. The van der Waals surface area contributed by atoms with E-state index in [0.29, 0.717) is 19.3 Å². The summed E-state index contributed by atoms with van der Waals surface area (Å²) >= 11 is 0. The molecule has 0 aliphatic heterocycles. The van der Waals surface area contributed by atoms with Crippen LogP contribution in [0, 0.1) is 0 Å². The molecule has 1 atom stereocenters. The van der Waals surface area contributed by atoms with Crippen molar-refractivity contribution in [3.63, 3.8) is 0 Å². The number of ether oxygens (including phenoxy) is 3. The summed E-state index contributed by atoms with van der Waals surface area (Å²) in [5.74, 6) is -0.929. The van der Waals surface area contributed by atoms with E-state index >= 15 is 0 Å². The molecule has 0 fully saturated rings. The van der Waals surface area contributed by atoms with Crippen LogP contribution in [0.1, 0.15) is 220 Å². The van der Waals surface area contributed by atoms with Gasteiger partial charge in [-0.1, -0.05) is 172 Å². The molecule has 0 heterocycles. The fourth-order valence-electron chi connectivity index (χ4n) is 6.16. The highest BCUT2D eigenvalue weighted by molar-refractivity contribution is 5.71. The maximum atomic E-state index is 12.7. The van der Waals surface area contributed by atoms with Crippen LogP contribution in [0.5, 0.6) is 0 Å². The molecule has 0 aromatic rings. The molecule has 0 aliphatic carbocycles. The van der Waals surface area contributed by atoms with Crippen LogP contribution in [-0.4, -0.2) is 37.2 Å². The number of unbranched alkanes of at least 4 members (excludes halogenated alkanes) is 21. The molecule has 0 aromatic carbocycles. The molecule has 0 saturated heterocycles. The van der Waals surface area contributed by atoms with Crippen molar-refractivity contribution in [3.05, 3.63) is 48.6 Å². The van der Waals surface area contributed by atoms with E-state index in [0.717, 1.165) is 89.9 Å². The lowest BCUT2D eigenvalue weighted by Gasteiger charge is -2.18. The summed E-state index contributed by atoms with van der Waals surface area (Å²) < 4.78 is 16.6. The van der Waals surface area contributed by atoms with Gasteiger partial charge >= 0.3 is 17.9 Å². The van der Waals surface area contributed by atoms with E-state index in [1.165, 1.54) is 89.9 Å². The second kappa shape index (κ2) is 43.1. The van der Waals surface area contributed by atoms with Gasteiger partial charge in [-0.3, -0.25) is 14.4 Å². The second-order valence-corrected chi connectivity index (χ2v) is 14.9. The minimum Gasteiger partial charge on any atom is -0.462 e. The maximum Gasteiger partial charge on any atom is 0.306 e. The third-order valence-electron chi connectivity index (χ3n) is 9.57. The lowest BCUT2D eigenvalue weighted by atomic mass is 10.1. The van der Waals surface area contributed by atoms with Gasteiger partial charge in [-0.25, -0.2) is 0 Å². The fourth-order valence-corrected chi connectivity index (χ4v) is 6.16. The zero-order chi connectivity index (χ0) is 39.4. The number of carbonyl (C=O) groups is 3. The lowest BCUT2D eigenvalue weighted by molar-refractivity contribution is -0.167. The van der Waals surface area contributed by atoms with Crippen LogP contribution in [-0.2, 0) is 28.6 Å². The Balaban J connectivity index is 4.41.